The second-order valence-corrected chi connectivity index (χ2v) is 16.4. The summed E-state index contributed by atoms with van der Waals surface area (Å²) in [5.74, 6) is 13.0. The highest BCUT2D eigenvalue weighted by Gasteiger charge is 2.24. The van der Waals surface area contributed by atoms with E-state index < -0.39 is 28.4 Å². The molecule has 5 heteroatoms. The van der Waals surface area contributed by atoms with Crippen molar-refractivity contribution in [2.45, 2.75) is 203 Å². The van der Waals surface area contributed by atoms with E-state index in [0.29, 0.717) is 12.8 Å². The Bertz CT molecular complexity index is 1250. The first kappa shape index (κ1) is 59.9. The second kappa shape index (κ2) is 33.0. The molecule has 3 N–H and O–H groups in total. The summed E-state index contributed by atoms with van der Waals surface area (Å²) in [5.41, 5.74) is -1.22. The minimum Gasteiger partial charge on any atom is -0.437 e. The number of terminal acetylenes is 5. The Labute approximate surface area is 336 Å². The molecule has 0 aliphatic heterocycles. The molecule has 0 rings (SSSR count). The summed E-state index contributed by atoms with van der Waals surface area (Å²) < 4.78 is 4.98. The molecule has 0 spiro atoms. The molecule has 0 aromatic rings. The van der Waals surface area contributed by atoms with Crippen LogP contribution < -0.4 is 0 Å². The molecule has 0 aliphatic rings. The maximum atomic E-state index is 10.9. The van der Waals surface area contributed by atoms with Crippen molar-refractivity contribution < 1.29 is 24.9 Å². The van der Waals surface area contributed by atoms with Crippen LogP contribution in [0.1, 0.15) is 181 Å². The molecule has 5 atom stereocenters. The van der Waals surface area contributed by atoms with Gasteiger partial charge in [0.2, 0.25) is 0 Å². The van der Waals surface area contributed by atoms with Crippen molar-refractivity contribution in [1.82, 2.24) is 0 Å². The molecular weight excluding hydrogens is 669 g/mol. The molecule has 0 fully saturated rings. The van der Waals surface area contributed by atoms with Crippen LogP contribution in [0, 0.1) is 79.5 Å². The number of rotatable bonds is 19. The Balaban J connectivity index is -0.000000213. The summed E-state index contributed by atoms with van der Waals surface area (Å²) >= 11 is 0. The maximum absolute atomic E-state index is 10.9. The first-order chi connectivity index (χ1) is 24.2. The lowest BCUT2D eigenvalue weighted by Gasteiger charge is -2.21. The summed E-state index contributed by atoms with van der Waals surface area (Å²) in [6.45, 7) is 25.6. The van der Waals surface area contributed by atoms with Gasteiger partial charge in [-0.2, -0.15) is 0 Å². The van der Waals surface area contributed by atoms with Gasteiger partial charge in [-0.1, -0.05) is 127 Å². The Hall–Kier alpha value is -3.37. The third-order valence-electron chi connectivity index (χ3n) is 8.31. The van der Waals surface area contributed by atoms with Crippen molar-refractivity contribution in [3.8, 4) is 61.7 Å². The van der Waals surface area contributed by atoms with Gasteiger partial charge in [0.15, 0.2) is 5.60 Å². The highest BCUT2D eigenvalue weighted by Crippen LogP contribution is 2.23. The zero-order valence-corrected chi connectivity index (χ0v) is 36.1. The Morgan fingerprint density at radius 3 is 1.31 bits per heavy atom. The van der Waals surface area contributed by atoms with E-state index in [4.69, 9.17) is 42.0 Å². The molecule has 0 aromatic heterocycles. The lowest BCUT2D eigenvalue weighted by atomic mass is 9.90. The van der Waals surface area contributed by atoms with E-state index in [1.165, 1.54) is 56.1 Å². The van der Waals surface area contributed by atoms with Crippen LogP contribution in [0.5, 0.6) is 0 Å². The molecule has 0 saturated heterocycles. The van der Waals surface area contributed by atoms with Crippen LogP contribution in [-0.4, -0.2) is 43.7 Å². The molecule has 54 heavy (non-hydrogen) atoms. The van der Waals surface area contributed by atoms with Crippen molar-refractivity contribution in [3.63, 3.8) is 0 Å². The van der Waals surface area contributed by atoms with Crippen LogP contribution in [0.4, 0.5) is 0 Å². The highest BCUT2D eigenvalue weighted by atomic mass is 16.6. The van der Waals surface area contributed by atoms with Crippen LogP contribution in [0.2, 0.25) is 0 Å². The monoisotopic (exact) mass is 751 g/mol. The molecule has 0 heterocycles. The average Bonchev–Trinajstić information content (AvgIpc) is 3.04. The van der Waals surface area contributed by atoms with E-state index in [-0.39, 0.29) is 7.43 Å². The first-order valence-electron chi connectivity index (χ1n) is 19.3. The third kappa shape index (κ3) is 46.7. The molecule has 0 amide bonds. The molecule has 0 aliphatic carbocycles. The minimum atomic E-state index is -0.939. The predicted molar refractivity (Wildman–Crippen MR) is 235 cm³/mol. The van der Waals surface area contributed by atoms with Gasteiger partial charge >= 0.3 is 5.97 Å². The van der Waals surface area contributed by atoms with Crippen LogP contribution in [0.15, 0.2) is 23.3 Å². The number of ether oxygens (including phenoxy) is 1. The van der Waals surface area contributed by atoms with Gasteiger partial charge < -0.3 is 20.1 Å². The van der Waals surface area contributed by atoms with Crippen molar-refractivity contribution in [1.29, 1.82) is 0 Å². The van der Waals surface area contributed by atoms with Crippen molar-refractivity contribution in [3.05, 3.63) is 23.3 Å². The number of aliphatic hydroxyl groups is 3. The summed E-state index contributed by atoms with van der Waals surface area (Å²) in [4.78, 5) is 10.9. The Kier molecular flexibility index (Phi) is 36.6. The number of esters is 1. The van der Waals surface area contributed by atoms with Crippen LogP contribution in [0.3, 0.4) is 0 Å². The number of carbonyl (C=O) groups is 1. The van der Waals surface area contributed by atoms with Gasteiger partial charge in [0.05, 0.1) is 0 Å². The fourth-order valence-corrected chi connectivity index (χ4v) is 4.58. The largest absolute Gasteiger partial charge is 0.437 e. The van der Waals surface area contributed by atoms with E-state index in [2.05, 4.69) is 57.5 Å². The van der Waals surface area contributed by atoms with Crippen molar-refractivity contribution >= 4 is 5.97 Å². The second-order valence-electron chi connectivity index (χ2n) is 16.4. The quantitative estimate of drug-likeness (QED) is 0.0530. The van der Waals surface area contributed by atoms with Gasteiger partial charge in [-0.15, -0.1) is 32.1 Å². The number of carbonyl (C=O) groups excluding carboxylic acids is 1. The number of allylic oxidation sites excluding steroid dienone is 4. The Morgan fingerprint density at radius 2 is 0.981 bits per heavy atom. The van der Waals surface area contributed by atoms with Crippen LogP contribution in [0.25, 0.3) is 0 Å². The molecule has 5 unspecified atom stereocenters. The molecule has 0 radical (unpaired) electrons. The normalized spacial score (nSPS) is 14.4. The lowest BCUT2D eigenvalue weighted by Crippen LogP contribution is -2.29. The zero-order valence-electron chi connectivity index (χ0n) is 36.1. The molecular formula is C49H82O5. The number of hydrogen-bond donors (Lipinski definition) is 3. The van der Waals surface area contributed by atoms with Crippen molar-refractivity contribution in [2.75, 3.05) is 0 Å². The SMILES string of the molecule is C.C#CC(=O)OC(C)(C#C)CCC=C(C)C.C#CC(C)(C)O.C#CC(C)(O)CCC=C(C)C.C#CC(C)(O)CCCC(C)CCCC(C)CCCC(C)C. The van der Waals surface area contributed by atoms with Gasteiger partial charge in [-0.25, -0.2) is 4.79 Å². The smallest absolute Gasteiger partial charge is 0.385 e. The predicted octanol–water partition coefficient (Wildman–Crippen LogP) is 11.3. The van der Waals surface area contributed by atoms with Gasteiger partial charge in [-0.3, -0.25) is 0 Å². The Morgan fingerprint density at radius 1 is 0.611 bits per heavy atom. The number of hydrogen-bond acceptors (Lipinski definition) is 5. The topological polar surface area (TPSA) is 87.0 Å². The molecule has 5 nitrogen and oxygen atoms in total. The summed E-state index contributed by atoms with van der Waals surface area (Å²) in [6.07, 6.45) is 43.4. The van der Waals surface area contributed by atoms with E-state index in [1.807, 2.05) is 39.7 Å². The lowest BCUT2D eigenvalue weighted by molar-refractivity contribution is -0.146. The van der Waals surface area contributed by atoms with Crippen LogP contribution in [-0.2, 0) is 9.53 Å². The van der Waals surface area contributed by atoms with E-state index in [9.17, 15) is 15.0 Å². The fraction of sp³-hybridized carbons (Fsp3) is 0.694. The summed E-state index contributed by atoms with van der Waals surface area (Å²) in [6, 6.07) is 0. The molecule has 0 saturated carbocycles. The highest BCUT2D eigenvalue weighted by molar-refractivity contribution is 5.88. The first-order valence-corrected chi connectivity index (χ1v) is 19.3. The fourth-order valence-electron chi connectivity index (χ4n) is 4.58. The van der Waals surface area contributed by atoms with Gasteiger partial charge in [0.25, 0.3) is 0 Å². The summed E-state index contributed by atoms with van der Waals surface area (Å²) in [7, 11) is 0. The molecule has 308 valence electrons. The van der Waals surface area contributed by atoms with Gasteiger partial charge in [0.1, 0.15) is 16.8 Å². The third-order valence-corrected chi connectivity index (χ3v) is 8.31. The van der Waals surface area contributed by atoms with Crippen molar-refractivity contribution in [2.24, 2.45) is 17.8 Å². The van der Waals surface area contributed by atoms with E-state index in [0.717, 1.165) is 43.4 Å². The van der Waals surface area contributed by atoms with E-state index >= 15 is 0 Å². The van der Waals surface area contributed by atoms with Gasteiger partial charge in [0, 0.05) is 12.3 Å². The maximum Gasteiger partial charge on any atom is 0.385 e. The van der Waals surface area contributed by atoms with E-state index in [1.54, 1.807) is 34.6 Å². The van der Waals surface area contributed by atoms with Crippen LogP contribution >= 0.6 is 0 Å². The molecule has 0 aromatic carbocycles. The molecule has 0 bridgehead atoms. The zero-order chi connectivity index (χ0) is 42.3. The average molecular weight is 751 g/mol. The minimum absolute atomic E-state index is 0. The van der Waals surface area contributed by atoms with Gasteiger partial charge in [-0.05, 0) is 112 Å². The summed E-state index contributed by atoms with van der Waals surface area (Å²) in [5, 5.41) is 27.7. The standard InChI is InChI=1S/C20H38O.C13H16O2.C10H16O.C5H8O.CH4/c1-7-20(6,21)16-10-15-19(5)14-9-13-18(4)12-8-11-17(2)3;1-6-12(14)15-13(5,7-2)10-8-9-11(3)4;1-5-10(4,11)8-6-7-9(2)3;1-4-5(2,3)6;/h1,17-19,21H,8-16H2,2-6H3;1-2,9H,8,10H2,3-5H3;1,7,11H,6,8H2,2-4H3;1,6H,2-3H3;1H4.